The zero-order valence-electron chi connectivity index (χ0n) is 10.7. The summed E-state index contributed by atoms with van der Waals surface area (Å²) < 4.78 is 14.8. The van der Waals surface area contributed by atoms with Crippen molar-refractivity contribution in [1.29, 1.82) is 0 Å². The van der Waals surface area contributed by atoms with Gasteiger partial charge in [0.15, 0.2) is 0 Å². The summed E-state index contributed by atoms with van der Waals surface area (Å²) in [5.74, 6) is 0.137. The van der Waals surface area contributed by atoms with E-state index in [9.17, 15) is 4.39 Å². The summed E-state index contributed by atoms with van der Waals surface area (Å²) in [6.07, 6.45) is 1.65. The highest BCUT2D eigenvalue weighted by atomic mass is 79.9. The maximum Gasteiger partial charge on any atom is 0.129 e. The first-order valence-electron chi connectivity index (χ1n) is 5.87. The molecule has 0 saturated heterocycles. The summed E-state index contributed by atoms with van der Waals surface area (Å²) in [6, 6.07) is 6.55. The molecular weight excluding hydrogens is 309 g/mol. The van der Waals surface area contributed by atoms with Crippen molar-refractivity contribution in [2.75, 3.05) is 12.8 Å². The average Bonchev–Trinajstić information content (AvgIpc) is 2.35. The molecule has 1 aromatic heterocycles. The van der Waals surface area contributed by atoms with E-state index in [4.69, 9.17) is 5.73 Å². The minimum Gasteiger partial charge on any atom is -0.383 e. The van der Waals surface area contributed by atoms with E-state index >= 15 is 0 Å². The average molecular weight is 324 g/mol. The number of nitrogens with zero attached hydrogens (tertiary/aromatic N) is 1. The standard InChI is InChI=1S/C14H15BrFN3/c1-8-5-6-19-14(17)12(8)13(18-2)10-4-3-9(15)7-11(10)16/h3-7,13,18H,1-2H3,(H2,17,19). The largest absolute Gasteiger partial charge is 0.383 e. The fourth-order valence-corrected chi connectivity index (χ4v) is 2.49. The maximum atomic E-state index is 14.1. The first kappa shape index (κ1) is 14.0. The quantitative estimate of drug-likeness (QED) is 0.912. The number of rotatable bonds is 3. The van der Waals surface area contributed by atoms with Crippen molar-refractivity contribution in [1.82, 2.24) is 10.3 Å². The van der Waals surface area contributed by atoms with Gasteiger partial charge in [0.2, 0.25) is 0 Å². The highest BCUT2D eigenvalue weighted by Gasteiger charge is 2.20. The van der Waals surface area contributed by atoms with Gasteiger partial charge in [-0.05, 0) is 37.7 Å². The molecule has 0 bridgehead atoms. The Morgan fingerprint density at radius 1 is 1.37 bits per heavy atom. The third kappa shape index (κ3) is 2.77. The number of pyridine rings is 1. The molecule has 3 nitrogen and oxygen atoms in total. The minimum absolute atomic E-state index is 0.281. The van der Waals surface area contributed by atoms with Gasteiger partial charge in [0.05, 0.1) is 6.04 Å². The van der Waals surface area contributed by atoms with Gasteiger partial charge in [-0.3, -0.25) is 0 Å². The normalized spacial score (nSPS) is 12.4. The molecule has 1 unspecified atom stereocenters. The Morgan fingerprint density at radius 2 is 2.11 bits per heavy atom. The van der Waals surface area contributed by atoms with E-state index in [-0.39, 0.29) is 11.9 Å². The van der Waals surface area contributed by atoms with Crippen molar-refractivity contribution < 1.29 is 4.39 Å². The van der Waals surface area contributed by atoms with Gasteiger partial charge in [0, 0.05) is 21.8 Å². The number of aryl methyl sites for hydroxylation is 1. The first-order chi connectivity index (χ1) is 9.04. The summed E-state index contributed by atoms with van der Waals surface area (Å²) in [7, 11) is 1.78. The van der Waals surface area contributed by atoms with Gasteiger partial charge in [-0.1, -0.05) is 22.0 Å². The molecule has 1 heterocycles. The van der Waals surface area contributed by atoms with Crippen LogP contribution in [-0.2, 0) is 0 Å². The van der Waals surface area contributed by atoms with Crippen LogP contribution in [0.25, 0.3) is 0 Å². The molecule has 2 rings (SSSR count). The van der Waals surface area contributed by atoms with Crippen LogP contribution in [0, 0.1) is 12.7 Å². The van der Waals surface area contributed by atoms with Crippen molar-refractivity contribution in [3.63, 3.8) is 0 Å². The number of hydrogen-bond acceptors (Lipinski definition) is 3. The van der Waals surface area contributed by atoms with E-state index in [1.807, 2.05) is 19.1 Å². The number of anilines is 1. The van der Waals surface area contributed by atoms with Crippen LogP contribution >= 0.6 is 15.9 Å². The molecule has 0 amide bonds. The molecule has 2 aromatic rings. The van der Waals surface area contributed by atoms with Crippen molar-refractivity contribution in [2.24, 2.45) is 0 Å². The first-order valence-corrected chi connectivity index (χ1v) is 6.67. The fourth-order valence-electron chi connectivity index (χ4n) is 2.16. The number of aromatic nitrogens is 1. The SMILES string of the molecule is CNC(c1ccc(Br)cc1F)c1c(C)ccnc1N. The van der Waals surface area contributed by atoms with Crippen LogP contribution in [0.5, 0.6) is 0 Å². The molecule has 19 heavy (non-hydrogen) atoms. The van der Waals surface area contributed by atoms with Crippen molar-refractivity contribution >= 4 is 21.7 Å². The van der Waals surface area contributed by atoms with Gasteiger partial charge in [-0.25, -0.2) is 9.37 Å². The molecule has 0 aliphatic carbocycles. The highest BCUT2D eigenvalue weighted by molar-refractivity contribution is 9.10. The molecule has 0 radical (unpaired) electrons. The molecule has 0 saturated carbocycles. The van der Waals surface area contributed by atoms with E-state index in [0.29, 0.717) is 15.9 Å². The van der Waals surface area contributed by atoms with E-state index in [1.165, 1.54) is 6.07 Å². The molecule has 0 aliphatic heterocycles. The van der Waals surface area contributed by atoms with Crippen LogP contribution in [0.15, 0.2) is 34.9 Å². The molecule has 3 N–H and O–H groups in total. The second kappa shape index (κ2) is 5.67. The second-order valence-electron chi connectivity index (χ2n) is 4.31. The third-order valence-corrected chi connectivity index (χ3v) is 3.58. The predicted molar refractivity (Wildman–Crippen MR) is 78.4 cm³/mol. The lowest BCUT2D eigenvalue weighted by Gasteiger charge is -2.21. The number of nitrogens with two attached hydrogens (primary N) is 1. The summed E-state index contributed by atoms with van der Waals surface area (Å²) in [4.78, 5) is 4.09. The molecule has 5 heteroatoms. The van der Waals surface area contributed by atoms with Gasteiger partial charge < -0.3 is 11.1 Å². The van der Waals surface area contributed by atoms with Crippen LogP contribution < -0.4 is 11.1 Å². The zero-order valence-corrected chi connectivity index (χ0v) is 12.3. The molecule has 0 fully saturated rings. The van der Waals surface area contributed by atoms with Crippen molar-refractivity contribution in [3.05, 3.63) is 57.4 Å². The van der Waals surface area contributed by atoms with E-state index in [0.717, 1.165) is 11.1 Å². The lowest BCUT2D eigenvalue weighted by atomic mass is 9.95. The topological polar surface area (TPSA) is 50.9 Å². The van der Waals surface area contributed by atoms with Crippen LogP contribution in [0.2, 0.25) is 0 Å². The lowest BCUT2D eigenvalue weighted by molar-refractivity contribution is 0.574. The fraction of sp³-hybridized carbons (Fsp3) is 0.214. The molecule has 0 aliphatic rings. The van der Waals surface area contributed by atoms with E-state index < -0.39 is 0 Å². The number of hydrogen-bond donors (Lipinski definition) is 2. The summed E-state index contributed by atoms with van der Waals surface area (Å²) >= 11 is 3.26. The molecule has 0 spiro atoms. The second-order valence-corrected chi connectivity index (χ2v) is 5.23. The third-order valence-electron chi connectivity index (χ3n) is 3.09. The molecule has 1 aromatic carbocycles. The smallest absolute Gasteiger partial charge is 0.129 e. The number of benzene rings is 1. The minimum atomic E-state index is -0.318. The Kier molecular flexibility index (Phi) is 4.17. The Morgan fingerprint density at radius 3 is 2.68 bits per heavy atom. The number of halogens is 2. The van der Waals surface area contributed by atoms with Crippen molar-refractivity contribution in [3.8, 4) is 0 Å². The molecular formula is C14H15BrFN3. The Balaban J connectivity index is 2.56. The van der Waals surface area contributed by atoms with E-state index in [1.54, 1.807) is 19.3 Å². The van der Waals surface area contributed by atoms with Crippen LogP contribution in [0.4, 0.5) is 10.2 Å². The number of nitrogen functional groups attached to an aromatic ring is 1. The maximum absolute atomic E-state index is 14.1. The van der Waals surface area contributed by atoms with Gasteiger partial charge in [0.1, 0.15) is 11.6 Å². The monoisotopic (exact) mass is 323 g/mol. The van der Waals surface area contributed by atoms with E-state index in [2.05, 4.69) is 26.2 Å². The summed E-state index contributed by atoms with van der Waals surface area (Å²) in [6.45, 7) is 1.94. The molecule has 100 valence electrons. The molecule has 1 atom stereocenters. The lowest BCUT2D eigenvalue weighted by Crippen LogP contribution is -2.21. The van der Waals surface area contributed by atoms with Crippen molar-refractivity contribution in [2.45, 2.75) is 13.0 Å². The van der Waals surface area contributed by atoms with Crippen LogP contribution in [0.3, 0.4) is 0 Å². The predicted octanol–water partition coefficient (Wildman–Crippen LogP) is 3.18. The summed E-state index contributed by atoms with van der Waals surface area (Å²) in [5, 5.41) is 3.10. The Hall–Kier alpha value is -1.46. The van der Waals surface area contributed by atoms with Gasteiger partial charge in [0.25, 0.3) is 0 Å². The van der Waals surface area contributed by atoms with Gasteiger partial charge >= 0.3 is 0 Å². The highest BCUT2D eigenvalue weighted by Crippen LogP contribution is 2.30. The van der Waals surface area contributed by atoms with Gasteiger partial charge in [-0.15, -0.1) is 0 Å². The Labute approximate surface area is 120 Å². The zero-order chi connectivity index (χ0) is 14.0. The van der Waals surface area contributed by atoms with Gasteiger partial charge in [-0.2, -0.15) is 0 Å². The van der Waals surface area contributed by atoms with Crippen LogP contribution in [0.1, 0.15) is 22.7 Å². The van der Waals surface area contributed by atoms with Crippen LogP contribution in [-0.4, -0.2) is 12.0 Å². The summed E-state index contributed by atoms with van der Waals surface area (Å²) in [5.41, 5.74) is 8.27. The Bertz CT molecular complexity index is 581. The number of nitrogens with one attached hydrogen (secondary N) is 1.